The third-order valence-corrected chi connectivity index (χ3v) is 8.38. The molecule has 0 spiro atoms. The summed E-state index contributed by atoms with van der Waals surface area (Å²) in [5, 5.41) is 1.38. The maximum absolute atomic E-state index is 2.51. The fraction of sp³-hybridized carbons (Fsp3) is 0.111. The number of aryl methyl sites for hydroxylation is 1. The molecule has 1 aromatic heterocycles. The Bertz CT molecular complexity index is 1780. The van der Waals surface area contributed by atoms with Crippen molar-refractivity contribution in [2.45, 2.75) is 25.3 Å². The summed E-state index contributed by atoms with van der Waals surface area (Å²) in [6.45, 7) is 0. The van der Waals surface area contributed by atoms with Crippen LogP contribution in [0.1, 0.15) is 29.7 Å². The van der Waals surface area contributed by atoms with E-state index in [-0.39, 0.29) is 0 Å². The van der Waals surface area contributed by atoms with E-state index in [1.165, 1.54) is 61.5 Å². The highest BCUT2D eigenvalue weighted by Crippen LogP contribution is 2.47. The van der Waals surface area contributed by atoms with E-state index in [2.05, 4.69) is 137 Å². The minimum Gasteiger partial charge on any atom is -0.333 e. The number of rotatable bonds is 3. The second kappa shape index (κ2) is 8.49. The third kappa shape index (κ3) is 3.20. The van der Waals surface area contributed by atoms with E-state index in [0.29, 0.717) is 6.04 Å². The first-order chi connectivity index (χ1) is 18.9. The van der Waals surface area contributed by atoms with E-state index >= 15 is 0 Å². The lowest BCUT2D eigenvalue weighted by Crippen LogP contribution is -2.26. The van der Waals surface area contributed by atoms with Gasteiger partial charge in [0.25, 0.3) is 0 Å². The molecule has 38 heavy (non-hydrogen) atoms. The maximum Gasteiger partial charge on any atom is 0.0632 e. The zero-order valence-corrected chi connectivity index (χ0v) is 21.2. The van der Waals surface area contributed by atoms with Crippen molar-refractivity contribution in [1.29, 1.82) is 0 Å². The van der Waals surface area contributed by atoms with E-state index < -0.39 is 0 Å². The highest BCUT2D eigenvalue weighted by atomic mass is 15.2. The van der Waals surface area contributed by atoms with Gasteiger partial charge in [0.05, 0.1) is 11.6 Å². The van der Waals surface area contributed by atoms with Crippen LogP contribution < -0.4 is 4.90 Å². The second-order valence-corrected chi connectivity index (χ2v) is 10.4. The molecule has 1 unspecified atom stereocenters. The van der Waals surface area contributed by atoms with Gasteiger partial charge in [-0.15, -0.1) is 0 Å². The summed E-state index contributed by atoms with van der Waals surface area (Å²) in [4.78, 5) is 2.51. The average molecular weight is 489 g/mol. The van der Waals surface area contributed by atoms with E-state index in [1.54, 1.807) is 0 Å². The van der Waals surface area contributed by atoms with Crippen molar-refractivity contribution >= 4 is 33.9 Å². The van der Waals surface area contributed by atoms with Gasteiger partial charge in [0.2, 0.25) is 0 Å². The smallest absolute Gasteiger partial charge is 0.0632 e. The maximum atomic E-state index is 2.51. The molecule has 2 aliphatic carbocycles. The minimum absolute atomic E-state index is 0.374. The molecule has 3 aliphatic rings. The van der Waals surface area contributed by atoms with Gasteiger partial charge in [-0.05, 0) is 84.0 Å². The molecule has 182 valence electrons. The van der Waals surface area contributed by atoms with Crippen LogP contribution in [-0.4, -0.2) is 10.6 Å². The minimum atomic E-state index is 0.374. The highest BCUT2D eigenvalue weighted by Gasteiger charge is 2.34. The Hall–Kier alpha value is -4.56. The molecule has 1 atom stereocenters. The Morgan fingerprint density at radius 2 is 1.42 bits per heavy atom. The number of para-hydroxylation sites is 2. The first-order valence-corrected chi connectivity index (χ1v) is 13.6. The Labute approximate surface area is 223 Å². The predicted octanol–water partition coefficient (Wildman–Crippen LogP) is 9.12. The SMILES string of the molecule is C1=CCC2C(=C1)c1ccccc1N2c1ccc(-c2ccc(-n3c4c(c5ccccc53)CCC=C4)cc2)cc1. The summed E-state index contributed by atoms with van der Waals surface area (Å²) < 4.78 is 2.42. The number of nitrogens with zero attached hydrogens (tertiary/aromatic N) is 2. The quantitative estimate of drug-likeness (QED) is 0.246. The van der Waals surface area contributed by atoms with Gasteiger partial charge < -0.3 is 9.47 Å². The second-order valence-electron chi connectivity index (χ2n) is 10.4. The van der Waals surface area contributed by atoms with E-state index in [1.807, 2.05) is 0 Å². The summed E-state index contributed by atoms with van der Waals surface area (Å²) >= 11 is 0. The number of hydrogen-bond acceptors (Lipinski definition) is 1. The molecular weight excluding hydrogens is 460 g/mol. The largest absolute Gasteiger partial charge is 0.333 e. The zero-order chi connectivity index (χ0) is 25.1. The van der Waals surface area contributed by atoms with Crippen LogP contribution in [0.25, 0.3) is 39.4 Å². The number of aromatic nitrogens is 1. The van der Waals surface area contributed by atoms with Gasteiger partial charge >= 0.3 is 0 Å². The molecule has 0 radical (unpaired) electrons. The lowest BCUT2D eigenvalue weighted by atomic mass is 9.96. The molecule has 8 rings (SSSR count). The Morgan fingerprint density at radius 3 is 2.26 bits per heavy atom. The molecule has 0 amide bonds. The molecule has 0 saturated heterocycles. The third-order valence-electron chi connectivity index (χ3n) is 8.38. The van der Waals surface area contributed by atoms with E-state index in [9.17, 15) is 0 Å². The molecule has 1 aliphatic heterocycles. The summed E-state index contributed by atoms with van der Waals surface area (Å²) in [6, 6.07) is 36.1. The van der Waals surface area contributed by atoms with Crippen LogP contribution in [0, 0.1) is 0 Å². The van der Waals surface area contributed by atoms with Crippen LogP contribution in [-0.2, 0) is 6.42 Å². The number of fused-ring (bicyclic) bond motifs is 6. The molecule has 0 fully saturated rings. The standard InChI is InChI=1S/C36H28N2/c1-5-13-33-29(9-1)30-10-2-6-14-34(30)37(33)27-21-17-25(18-22-27)26-19-23-28(24-20-26)38-35-15-7-3-11-31(35)32-12-4-8-16-36(32)38/h1-3,5-11,13,15-24,34H,4,12,14H2. The molecule has 5 aromatic rings. The van der Waals surface area contributed by atoms with Crippen molar-refractivity contribution in [2.75, 3.05) is 4.90 Å². The van der Waals surface area contributed by atoms with Gasteiger partial charge in [0.1, 0.15) is 0 Å². The van der Waals surface area contributed by atoms with Gasteiger partial charge in [-0.3, -0.25) is 0 Å². The van der Waals surface area contributed by atoms with Crippen LogP contribution >= 0.6 is 0 Å². The number of anilines is 2. The number of hydrogen-bond donors (Lipinski definition) is 0. The first kappa shape index (κ1) is 21.5. The van der Waals surface area contributed by atoms with Crippen molar-refractivity contribution in [3.63, 3.8) is 0 Å². The molecule has 0 N–H and O–H groups in total. The average Bonchev–Trinajstić information content (AvgIpc) is 3.51. The van der Waals surface area contributed by atoms with Gasteiger partial charge in [-0.25, -0.2) is 0 Å². The molecule has 2 nitrogen and oxygen atoms in total. The van der Waals surface area contributed by atoms with Crippen molar-refractivity contribution in [2.24, 2.45) is 0 Å². The van der Waals surface area contributed by atoms with Crippen molar-refractivity contribution in [3.05, 3.63) is 138 Å². The molecule has 0 saturated carbocycles. The van der Waals surface area contributed by atoms with E-state index in [0.717, 1.165) is 19.3 Å². The van der Waals surface area contributed by atoms with Crippen molar-refractivity contribution in [3.8, 4) is 16.8 Å². The van der Waals surface area contributed by atoms with Crippen LogP contribution in [0.3, 0.4) is 0 Å². The van der Waals surface area contributed by atoms with E-state index in [4.69, 9.17) is 0 Å². The Morgan fingerprint density at radius 1 is 0.684 bits per heavy atom. The van der Waals surface area contributed by atoms with Gasteiger partial charge in [0.15, 0.2) is 0 Å². The summed E-state index contributed by atoms with van der Waals surface area (Å²) in [7, 11) is 0. The van der Waals surface area contributed by atoms with Crippen LogP contribution in [0.4, 0.5) is 11.4 Å². The summed E-state index contributed by atoms with van der Waals surface area (Å²) in [5.74, 6) is 0. The fourth-order valence-electron chi connectivity index (χ4n) is 6.63. The normalized spacial score (nSPS) is 17.3. The molecule has 2 heterocycles. The van der Waals surface area contributed by atoms with Crippen LogP contribution in [0.15, 0.2) is 121 Å². The monoisotopic (exact) mass is 488 g/mol. The van der Waals surface area contributed by atoms with Crippen LogP contribution in [0.2, 0.25) is 0 Å². The summed E-state index contributed by atoms with van der Waals surface area (Å²) in [5.41, 5.74) is 13.1. The fourth-order valence-corrected chi connectivity index (χ4v) is 6.63. The molecule has 4 aromatic carbocycles. The Balaban J connectivity index is 1.13. The van der Waals surface area contributed by atoms with Gasteiger partial charge in [-0.1, -0.05) is 85.0 Å². The first-order valence-electron chi connectivity index (χ1n) is 13.6. The van der Waals surface area contributed by atoms with Gasteiger partial charge in [0, 0.05) is 33.7 Å². The molecule has 0 bridgehead atoms. The Kier molecular flexibility index (Phi) is 4.81. The topological polar surface area (TPSA) is 8.17 Å². The van der Waals surface area contributed by atoms with Crippen molar-refractivity contribution < 1.29 is 0 Å². The van der Waals surface area contributed by atoms with Gasteiger partial charge in [-0.2, -0.15) is 0 Å². The summed E-state index contributed by atoms with van der Waals surface area (Å²) in [6.07, 6.45) is 14.6. The zero-order valence-electron chi connectivity index (χ0n) is 21.2. The molecular formula is C36H28N2. The highest BCUT2D eigenvalue weighted by molar-refractivity contribution is 5.94. The number of benzene rings is 4. The molecule has 2 heteroatoms. The number of allylic oxidation sites excluding steroid dienone is 3. The lowest BCUT2D eigenvalue weighted by molar-refractivity contribution is 0.829. The predicted molar refractivity (Wildman–Crippen MR) is 160 cm³/mol. The van der Waals surface area contributed by atoms with Crippen LogP contribution in [0.5, 0.6) is 0 Å². The van der Waals surface area contributed by atoms with Crippen molar-refractivity contribution in [1.82, 2.24) is 4.57 Å². The lowest BCUT2D eigenvalue weighted by Gasteiger charge is -2.28.